The molecule has 1 aromatic heterocycles. The molecule has 1 saturated heterocycles. The van der Waals surface area contributed by atoms with E-state index in [1.165, 1.54) is 16.8 Å². The number of morpholine rings is 1. The van der Waals surface area contributed by atoms with E-state index in [2.05, 4.69) is 15.3 Å². The fourth-order valence-corrected chi connectivity index (χ4v) is 3.34. The molecule has 1 aliphatic heterocycles. The fraction of sp³-hybridized carbons (Fsp3) is 0.261. The number of aromatic nitrogens is 2. The van der Waals surface area contributed by atoms with Crippen LogP contribution >= 0.6 is 0 Å². The Morgan fingerprint density at radius 1 is 1.00 bits per heavy atom. The number of rotatable bonds is 7. The van der Waals surface area contributed by atoms with Crippen molar-refractivity contribution in [1.29, 1.82) is 0 Å². The summed E-state index contributed by atoms with van der Waals surface area (Å²) in [7, 11) is 0. The molecule has 160 valence electrons. The highest BCUT2D eigenvalue weighted by molar-refractivity contribution is 6.04. The van der Waals surface area contributed by atoms with E-state index >= 15 is 0 Å². The lowest BCUT2D eigenvalue weighted by Crippen LogP contribution is -2.36. The van der Waals surface area contributed by atoms with E-state index in [0.717, 1.165) is 18.8 Å². The highest BCUT2D eigenvalue weighted by Gasteiger charge is 2.17. The van der Waals surface area contributed by atoms with Crippen LogP contribution in [0.25, 0.3) is 0 Å². The van der Waals surface area contributed by atoms with Gasteiger partial charge in [0, 0.05) is 19.2 Å². The molecule has 0 atom stereocenters. The second kappa shape index (κ2) is 9.90. The minimum atomic E-state index is -0.376. The summed E-state index contributed by atoms with van der Waals surface area (Å²) in [6, 6.07) is 19.7. The van der Waals surface area contributed by atoms with Gasteiger partial charge in [0.15, 0.2) is 0 Å². The van der Waals surface area contributed by atoms with Gasteiger partial charge in [-0.3, -0.25) is 9.59 Å². The molecule has 1 amide bonds. The van der Waals surface area contributed by atoms with E-state index in [1.807, 2.05) is 54.6 Å². The zero-order valence-electron chi connectivity index (χ0n) is 17.1. The average molecular weight is 420 g/mol. The van der Waals surface area contributed by atoms with Gasteiger partial charge >= 0.3 is 0 Å². The van der Waals surface area contributed by atoms with E-state index in [-0.39, 0.29) is 30.3 Å². The zero-order valence-corrected chi connectivity index (χ0v) is 17.1. The van der Waals surface area contributed by atoms with Crippen LogP contribution in [0.3, 0.4) is 0 Å². The van der Waals surface area contributed by atoms with Crippen LogP contribution in [-0.4, -0.2) is 48.6 Å². The zero-order chi connectivity index (χ0) is 21.5. The Labute approximate surface area is 180 Å². The number of amides is 1. The lowest BCUT2D eigenvalue weighted by atomic mass is 10.2. The van der Waals surface area contributed by atoms with E-state index in [9.17, 15) is 9.59 Å². The first kappa shape index (κ1) is 20.6. The Morgan fingerprint density at radius 3 is 2.55 bits per heavy atom. The highest BCUT2D eigenvalue weighted by atomic mass is 16.5. The van der Waals surface area contributed by atoms with Gasteiger partial charge in [0.05, 0.1) is 31.1 Å². The molecule has 0 spiro atoms. The van der Waals surface area contributed by atoms with E-state index in [4.69, 9.17) is 9.47 Å². The normalized spacial score (nSPS) is 13.6. The Hall–Kier alpha value is -3.65. The number of hydrogen-bond donors (Lipinski definition) is 1. The summed E-state index contributed by atoms with van der Waals surface area (Å²) < 4.78 is 12.3. The summed E-state index contributed by atoms with van der Waals surface area (Å²) in [5, 5.41) is 7.14. The van der Waals surface area contributed by atoms with Crippen LogP contribution in [0.15, 0.2) is 71.5 Å². The molecule has 1 N–H and O–H groups in total. The van der Waals surface area contributed by atoms with Crippen LogP contribution in [0.4, 0.5) is 11.4 Å². The SMILES string of the molecule is O=C(Nc1ccccc1N1CCOCC1)c1ccc(=O)n(CCOc2ccccc2)n1. The van der Waals surface area contributed by atoms with Crippen molar-refractivity contribution in [2.45, 2.75) is 6.54 Å². The number of anilines is 2. The summed E-state index contributed by atoms with van der Waals surface area (Å²) in [5.74, 6) is 0.336. The molecule has 8 heteroatoms. The van der Waals surface area contributed by atoms with Crippen molar-refractivity contribution in [1.82, 2.24) is 9.78 Å². The van der Waals surface area contributed by atoms with Crippen molar-refractivity contribution >= 4 is 17.3 Å². The minimum absolute atomic E-state index is 0.163. The number of carbonyl (C=O) groups excluding carboxylic acids is 1. The van der Waals surface area contributed by atoms with Crippen molar-refractivity contribution in [2.75, 3.05) is 43.1 Å². The van der Waals surface area contributed by atoms with Crippen LogP contribution < -0.4 is 20.5 Å². The minimum Gasteiger partial charge on any atom is -0.492 e. The molecule has 0 saturated carbocycles. The van der Waals surface area contributed by atoms with Gasteiger partial charge in [0.25, 0.3) is 11.5 Å². The quantitative estimate of drug-likeness (QED) is 0.632. The fourth-order valence-electron chi connectivity index (χ4n) is 3.34. The first-order valence-corrected chi connectivity index (χ1v) is 10.2. The average Bonchev–Trinajstić information content (AvgIpc) is 2.82. The van der Waals surface area contributed by atoms with Gasteiger partial charge in [0.2, 0.25) is 0 Å². The Morgan fingerprint density at radius 2 is 1.74 bits per heavy atom. The molecule has 2 aromatic carbocycles. The Kier molecular flexibility index (Phi) is 6.59. The molecule has 1 fully saturated rings. The van der Waals surface area contributed by atoms with Gasteiger partial charge in [-0.15, -0.1) is 0 Å². The molecule has 2 heterocycles. The number of nitrogens with zero attached hydrogens (tertiary/aromatic N) is 3. The van der Waals surface area contributed by atoms with Crippen molar-refractivity contribution in [3.05, 3.63) is 82.8 Å². The number of ether oxygens (including phenoxy) is 2. The summed E-state index contributed by atoms with van der Waals surface area (Å²) in [5.41, 5.74) is 1.50. The van der Waals surface area contributed by atoms with Gasteiger partial charge in [-0.1, -0.05) is 30.3 Å². The Balaban J connectivity index is 1.44. The van der Waals surface area contributed by atoms with E-state index in [1.54, 1.807) is 0 Å². The number of nitrogens with one attached hydrogen (secondary N) is 1. The van der Waals surface area contributed by atoms with Crippen LogP contribution in [0.5, 0.6) is 5.75 Å². The van der Waals surface area contributed by atoms with Crippen molar-refractivity contribution in [3.8, 4) is 5.75 Å². The largest absolute Gasteiger partial charge is 0.492 e. The molecule has 0 bridgehead atoms. The maximum atomic E-state index is 12.8. The summed E-state index contributed by atoms with van der Waals surface area (Å²) >= 11 is 0. The van der Waals surface area contributed by atoms with Crippen molar-refractivity contribution < 1.29 is 14.3 Å². The van der Waals surface area contributed by atoms with Crippen LogP contribution in [0.1, 0.15) is 10.5 Å². The lowest BCUT2D eigenvalue weighted by Gasteiger charge is -2.30. The Bertz CT molecular complexity index is 1080. The smallest absolute Gasteiger partial charge is 0.276 e. The van der Waals surface area contributed by atoms with Gasteiger partial charge in [0.1, 0.15) is 18.1 Å². The molecular formula is C23H24N4O4. The van der Waals surface area contributed by atoms with Gasteiger partial charge in [-0.2, -0.15) is 5.10 Å². The predicted molar refractivity (Wildman–Crippen MR) is 118 cm³/mol. The highest BCUT2D eigenvalue weighted by Crippen LogP contribution is 2.26. The third-order valence-corrected chi connectivity index (χ3v) is 4.92. The van der Waals surface area contributed by atoms with Gasteiger partial charge in [-0.05, 0) is 30.3 Å². The van der Waals surface area contributed by atoms with Gasteiger partial charge in [-0.25, -0.2) is 4.68 Å². The van der Waals surface area contributed by atoms with Crippen molar-refractivity contribution in [3.63, 3.8) is 0 Å². The molecule has 0 radical (unpaired) electrons. The third kappa shape index (κ3) is 5.29. The molecule has 4 rings (SSSR count). The first-order chi connectivity index (χ1) is 15.2. The maximum Gasteiger partial charge on any atom is 0.276 e. The molecule has 1 aliphatic rings. The monoisotopic (exact) mass is 420 g/mol. The number of carbonyl (C=O) groups is 1. The number of para-hydroxylation sites is 3. The molecule has 3 aromatic rings. The maximum absolute atomic E-state index is 12.8. The number of hydrogen-bond acceptors (Lipinski definition) is 6. The summed E-state index contributed by atoms with van der Waals surface area (Å²) in [4.78, 5) is 27.2. The molecule has 0 unspecified atom stereocenters. The topological polar surface area (TPSA) is 85.7 Å². The third-order valence-electron chi connectivity index (χ3n) is 4.92. The van der Waals surface area contributed by atoms with Crippen LogP contribution in [0, 0.1) is 0 Å². The van der Waals surface area contributed by atoms with Gasteiger partial charge < -0.3 is 19.7 Å². The summed E-state index contributed by atoms with van der Waals surface area (Å²) in [6.07, 6.45) is 0. The van der Waals surface area contributed by atoms with E-state index < -0.39 is 0 Å². The lowest BCUT2D eigenvalue weighted by molar-refractivity contribution is 0.101. The van der Waals surface area contributed by atoms with Crippen LogP contribution in [-0.2, 0) is 11.3 Å². The first-order valence-electron chi connectivity index (χ1n) is 10.2. The summed E-state index contributed by atoms with van der Waals surface area (Å²) in [6.45, 7) is 3.33. The van der Waals surface area contributed by atoms with Crippen molar-refractivity contribution in [2.24, 2.45) is 0 Å². The number of benzene rings is 2. The standard InChI is InChI=1S/C23H24N4O4/c28-22-11-10-20(25-27(22)14-17-31-18-6-2-1-3-7-18)23(29)24-19-8-4-5-9-21(19)26-12-15-30-16-13-26/h1-11H,12-17H2,(H,24,29). The second-order valence-corrected chi connectivity index (χ2v) is 7.01. The molecular weight excluding hydrogens is 396 g/mol. The predicted octanol–water partition coefficient (Wildman–Crippen LogP) is 2.41. The molecule has 0 aliphatic carbocycles. The second-order valence-electron chi connectivity index (χ2n) is 7.01. The van der Waals surface area contributed by atoms with E-state index in [0.29, 0.717) is 24.7 Å². The molecule has 31 heavy (non-hydrogen) atoms. The molecule has 8 nitrogen and oxygen atoms in total. The van der Waals surface area contributed by atoms with Crippen LogP contribution in [0.2, 0.25) is 0 Å².